The molecule has 3 rings (SSSR count). The fourth-order valence-corrected chi connectivity index (χ4v) is 4.69. The summed E-state index contributed by atoms with van der Waals surface area (Å²) in [7, 11) is 0. The maximum atomic E-state index is 12.8. The van der Waals surface area contributed by atoms with E-state index >= 15 is 0 Å². The molecule has 0 aromatic heterocycles. The van der Waals surface area contributed by atoms with Gasteiger partial charge < -0.3 is 4.90 Å². The molecule has 2 fully saturated rings. The number of likely N-dealkylation sites (tertiary alicyclic amines) is 1. The maximum absolute atomic E-state index is 12.8. The standard InChI is InChI=1S/C20H27N3OS2/c1-3-22(4-2)17-10-8-16(9-11-17)14-18-19(24)23(20(25)26-18)15-21-12-6-5-7-13-21/h8-11,14H,3-7,12-13,15H2,1-2H3. The fourth-order valence-electron chi connectivity index (χ4n) is 3.44. The van der Waals surface area contributed by atoms with E-state index < -0.39 is 0 Å². The van der Waals surface area contributed by atoms with E-state index in [1.165, 1.54) is 36.7 Å². The first-order valence-corrected chi connectivity index (χ1v) is 10.7. The molecule has 2 aliphatic heterocycles. The summed E-state index contributed by atoms with van der Waals surface area (Å²) in [6.07, 6.45) is 5.67. The van der Waals surface area contributed by atoms with Gasteiger partial charge in [-0.1, -0.05) is 42.5 Å². The van der Waals surface area contributed by atoms with Crippen molar-refractivity contribution in [3.05, 3.63) is 34.7 Å². The molecular formula is C20H27N3OS2. The predicted octanol–water partition coefficient (Wildman–Crippen LogP) is 4.18. The summed E-state index contributed by atoms with van der Waals surface area (Å²) in [5.41, 5.74) is 2.25. The smallest absolute Gasteiger partial charge is 0.267 e. The molecule has 2 saturated heterocycles. The third-order valence-electron chi connectivity index (χ3n) is 4.98. The molecule has 4 nitrogen and oxygen atoms in total. The molecule has 0 bridgehead atoms. The van der Waals surface area contributed by atoms with Crippen LogP contribution in [0.2, 0.25) is 0 Å². The van der Waals surface area contributed by atoms with Crippen molar-refractivity contribution in [1.29, 1.82) is 0 Å². The van der Waals surface area contributed by atoms with Crippen LogP contribution in [0, 0.1) is 0 Å². The van der Waals surface area contributed by atoms with Gasteiger partial charge in [-0.2, -0.15) is 0 Å². The number of carbonyl (C=O) groups excluding carboxylic acids is 1. The van der Waals surface area contributed by atoms with E-state index in [1.54, 1.807) is 4.90 Å². The molecule has 1 amide bonds. The van der Waals surface area contributed by atoms with Crippen molar-refractivity contribution in [2.45, 2.75) is 33.1 Å². The van der Waals surface area contributed by atoms with E-state index in [-0.39, 0.29) is 5.91 Å². The van der Waals surface area contributed by atoms with Crippen LogP contribution < -0.4 is 4.90 Å². The molecule has 0 unspecified atom stereocenters. The predicted molar refractivity (Wildman–Crippen MR) is 115 cm³/mol. The second kappa shape index (κ2) is 9.02. The number of thiocarbonyl (C=S) groups is 1. The lowest BCUT2D eigenvalue weighted by Gasteiger charge is -2.29. The summed E-state index contributed by atoms with van der Waals surface area (Å²) in [6.45, 7) is 9.04. The largest absolute Gasteiger partial charge is 0.372 e. The second-order valence-corrected chi connectivity index (χ2v) is 8.37. The number of piperidine rings is 1. The molecule has 0 spiro atoms. The Morgan fingerprint density at radius 2 is 1.77 bits per heavy atom. The van der Waals surface area contributed by atoms with Gasteiger partial charge in [0.2, 0.25) is 0 Å². The molecule has 2 heterocycles. The van der Waals surface area contributed by atoms with Crippen molar-refractivity contribution in [3.63, 3.8) is 0 Å². The number of nitrogens with zero attached hydrogens (tertiary/aromatic N) is 3. The molecule has 0 atom stereocenters. The molecule has 26 heavy (non-hydrogen) atoms. The highest BCUT2D eigenvalue weighted by Gasteiger charge is 2.33. The highest BCUT2D eigenvalue weighted by molar-refractivity contribution is 8.26. The third-order valence-corrected chi connectivity index (χ3v) is 6.36. The van der Waals surface area contributed by atoms with Gasteiger partial charge in [0.05, 0.1) is 11.6 Å². The van der Waals surface area contributed by atoms with Gasteiger partial charge in [0.25, 0.3) is 5.91 Å². The van der Waals surface area contributed by atoms with Gasteiger partial charge >= 0.3 is 0 Å². The Kier molecular flexibility index (Phi) is 6.73. The number of rotatable bonds is 6. The molecule has 0 radical (unpaired) electrons. The number of hydrogen-bond donors (Lipinski definition) is 0. The highest BCUT2D eigenvalue weighted by Crippen LogP contribution is 2.33. The van der Waals surface area contributed by atoms with Gasteiger partial charge in [-0.05, 0) is 63.6 Å². The lowest BCUT2D eigenvalue weighted by molar-refractivity contribution is -0.123. The van der Waals surface area contributed by atoms with Gasteiger partial charge in [0.15, 0.2) is 0 Å². The zero-order valence-corrected chi connectivity index (χ0v) is 17.2. The molecular weight excluding hydrogens is 362 g/mol. The lowest BCUT2D eigenvalue weighted by atomic mass is 10.1. The molecule has 0 saturated carbocycles. The number of thioether (sulfide) groups is 1. The van der Waals surface area contributed by atoms with Crippen molar-refractivity contribution in [1.82, 2.24) is 9.80 Å². The van der Waals surface area contributed by atoms with Crippen LogP contribution in [0.25, 0.3) is 6.08 Å². The van der Waals surface area contributed by atoms with Gasteiger partial charge in [0.1, 0.15) is 4.32 Å². The van der Waals surface area contributed by atoms with E-state index in [0.29, 0.717) is 11.0 Å². The maximum Gasteiger partial charge on any atom is 0.267 e. The first kappa shape index (κ1) is 19.4. The van der Waals surface area contributed by atoms with Gasteiger partial charge in [-0.25, -0.2) is 0 Å². The normalized spacial score (nSPS) is 20.2. The molecule has 1 aromatic rings. The van der Waals surface area contributed by atoms with E-state index in [2.05, 4.69) is 47.9 Å². The summed E-state index contributed by atoms with van der Waals surface area (Å²) in [6, 6.07) is 8.39. The van der Waals surface area contributed by atoms with Crippen molar-refractivity contribution in [2.24, 2.45) is 0 Å². The van der Waals surface area contributed by atoms with Crippen LogP contribution in [-0.2, 0) is 4.79 Å². The lowest BCUT2D eigenvalue weighted by Crippen LogP contribution is -2.42. The summed E-state index contributed by atoms with van der Waals surface area (Å²) < 4.78 is 0.673. The van der Waals surface area contributed by atoms with E-state index in [1.807, 2.05) is 6.08 Å². The summed E-state index contributed by atoms with van der Waals surface area (Å²) in [5.74, 6) is 0.0402. The Balaban J connectivity index is 1.69. The van der Waals surface area contributed by atoms with Crippen LogP contribution in [0.5, 0.6) is 0 Å². The van der Waals surface area contributed by atoms with Gasteiger partial charge in [-0.15, -0.1) is 0 Å². The Labute approximate surface area is 166 Å². The SMILES string of the molecule is CCN(CC)c1ccc(C=C2SC(=S)N(CN3CCCCC3)C2=O)cc1. The monoisotopic (exact) mass is 389 g/mol. The minimum absolute atomic E-state index is 0.0402. The first-order valence-electron chi connectivity index (χ1n) is 9.45. The first-order chi connectivity index (χ1) is 12.6. The van der Waals surface area contributed by atoms with Crippen LogP contribution in [0.4, 0.5) is 5.69 Å². The number of carbonyl (C=O) groups is 1. The van der Waals surface area contributed by atoms with Crippen LogP contribution in [0.15, 0.2) is 29.2 Å². The number of benzene rings is 1. The Bertz CT molecular complexity index is 677. The average molecular weight is 390 g/mol. The van der Waals surface area contributed by atoms with Crippen molar-refractivity contribution < 1.29 is 4.79 Å². The van der Waals surface area contributed by atoms with E-state index in [0.717, 1.165) is 36.6 Å². The Morgan fingerprint density at radius 1 is 1.12 bits per heavy atom. The van der Waals surface area contributed by atoms with Crippen LogP contribution >= 0.6 is 24.0 Å². The molecule has 6 heteroatoms. The minimum atomic E-state index is 0.0402. The van der Waals surface area contributed by atoms with Gasteiger partial charge in [0, 0.05) is 18.8 Å². The minimum Gasteiger partial charge on any atom is -0.372 e. The van der Waals surface area contributed by atoms with Crippen molar-refractivity contribution >= 4 is 46.0 Å². The van der Waals surface area contributed by atoms with E-state index in [9.17, 15) is 4.79 Å². The second-order valence-electron chi connectivity index (χ2n) is 6.69. The average Bonchev–Trinajstić information content (AvgIpc) is 2.92. The summed E-state index contributed by atoms with van der Waals surface area (Å²) in [5, 5.41) is 0. The molecule has 1 aromatic carbocycles. The number of anilines is 1. The summed E-state index contributed by atoms with van der Waals surface area (Å²) >= 11 is 6.88. The quantitative estimate of drug-likeness (QED) is 0.537. The number of amides is 1. The fraction of sp³-hybridized carbons (Fsp3) is 0.500. The summed E-state index contributed by atoms with van der Waals surface area (Å²) in [4.78, 5) is 19.9. The van der Waals surface area contributed by atoms with E-state index in [4.69, 9.17) is 12.2 Å². The molecule has 2 aliphatic rings. The number of hydrogen-bond acceptors (Lipinski definition) is 5. The Morgan fingerprint density at radius 3 is 2.38 bits per heavy atom. The van der Waals surface area contributed by atoms with Crippen molar-refractivity contribution in [3.8, 4) is 0 Å². The zero-order valence-electron chi connectivity index (χ0n) is 15.6. The van der Waals surface area contributed by atoms with Gasteiger partial charge in [-0.3, -0.25) is 14.6 Å². The highest BCUT2D eigenvalue weighted by atomic mass is 32.2. The van der Waals surface area contributed by atoms with Crippen molar-refractivity contribution in [2.75, 3.05) is 37.7 Å². The molecule has 0 aliphatic carbocycles. The zero-order chi connectivity index (χ0) is 18.5. The molecule has 140 valence electrons. The van der Waals surface area contributed by atoms with Crippen LogP contribution in [0.1, 0.15) is 38.7 Å². The van der Waals surface area contributed by atoms with Crippen LogP contribution in [-0.4, -0.2) is 52.9 Å². The third kappa shape index (κ3) is 4.48. The Hall–Kier alpha value is -1.37. The topological polar surface area (TPSA) is 26.8 Å². The van der Waals surface area contributed by atoms with Crippen LogP contribution in [0.3, 0.4) is 0 Å². The molecule has 0 N–H and O–H groups in total.